The van der Waals surface area contributed by atoms with Gasteiger partial charge in [-0.3, -0.25) is 9.59 Å². The van der Waals surface area contributed by atoms with Gasteiger partial charge in [0, 0.05) is 24.2 Å². The maximum Gasteiger partial charge on any atom is 0.261 e. The van der Waals surface area contributed by atoms with Crippen LogP contribution < -0.4 is 10.1 Å². The number of likely N-dealkylation sites (tertiary alicyclic amines) is 1. The number of hydrogen-bond acceptors (Lipinski definition) is 4. The van der Waals surface area contributed by atoms with Crippen molar-refractivity contribution in [2.75, 3.05) is 19.7 Å². The smallest absolute Gasteiger partial charge is 0.261 e. The Morgan fingerprint density at radius 2 is 2.00 bits per heavy atom. The van der Waals surface area contributed by atoms with Gasteiger partial charge in [0.1, 0.15) is 5.75 Å². The maximum atomic E-state index is 12.3. The zero-order valence-electron chi connectivity index (χ0n) is 13.9. The number of nitrogens with zero attached hydrogens (tertiary/aromatic N) is 1. The van der Waals surface area contributed by atoms with Gasteiger partial charge < -0.3 is 15.0 Å². The Labute approximate surface area is 165 Å². The van der Waals surface area contributed by atoms with Crippen LogP contribution in [0.1, 0.15) is 22.5 Å². The van der Waals surface area contributed by atoms with Gasteiger partial charge in [0.2, 0.25) is 0 Å². The topological polar surface area (TPSA) is 58.6 Å². The highest BCUT2D eigenvalue weighted by molar-refractivity contribution is 7.12. The third-order valence-corrected chi connectivity index (χ3v) is 5.57. The van der Waals surface area contributed by atoms with Crippen LogP contribution >= 0.6 is 34.5 Å². The molecule has 1 N–H and O–H groups in total. The summed E-state index contributed by atoms with van der Waals surface area (Å²) in [4.78, 5) is 26.8. The first-order valence-corrected chi connectivity index (χ1v) is 9.86. The van der Waals surface area contributed by atoms with E-state index in [-0.39, 0.29) is 24.5 Å². The fourth-order valence-electron chi connectivity index (χ4n) is 2.76. The quantitative estimate of drug-likeness (QED) is 0.810. The highest BCUT2D eigenvalue weighted by Crippen LogP contribution is 2.27. The minimum Gasteiger partial charge on any atom is -0.482 e. The van der Waals surface area contributed by atoms with Gasteiger partial charge >= 0.3 is 0 Å². The molecule has 0 unspecified atom stereocenters. The Balaban J connectivity index is 1.44. The molecule has 0 atom stereocenters. The van der Waals surface area contributed by atoms with Crippen LogP contribution in [0.5, 0.6) is 5.75 Å². The van der Waals surface area contributed by atoms with Gasteiger partial charge in [0.05, 0.1) is 9.90 Å². The van der Waals surface area contributed by atoms with E-state index < -0.39 is 0 Å². The van der Waals surface area contributed by atoms with E-state index in [1.165, 1.54) is 11.3 Å². The van der Waals surface area contributed by atoms with Crippen LogP contribution in [0.4, 0.5) is 0 Å². The first kappa shape index (κ1) is 19.0. The lowest BCUT2D eigenvalue weighted by Crippen LogP contribution is -2.47. The summed E-state index contributed by atoms with van der Waals surface area (Å²) in [5.74, 6) is 0.284. The van der Waals surface area contributed by atoms with E-state index in [1.807, 2.05) is 11.4 Å². The molecule has 5 nitrogen and oxygen atoms in total. The van der Waals surface area contributed by atoms with Gasteiger partial charge in [-0.2, -0.15) is 0 Å². The predicted molar refractivity (Wildman–Crippen MR) is 103 cm³/mol. The van der Waals surface area contributed by atoms with Crippen LogP contribution in [-0.2, 0) is 4.79 Å². The van der Waals surface area contributed by atoms with Crippen molar-refractivity contribution >= 4 is 46.4 Å². The Hall–Kier alpha value is -1.76. The van der Waals surface area contributed by atoms with Crippen LogP contribution in [0, 0.1) is 0 Å². The summed E-state index contributed by atoms with van der Waals surface area (Å²) in [7, 11) is 0. The molecular weight excluding hydrogens is 395 g/mol. The van der Waals surface area contributed by atoms with Gasteiger partial charge in [0.15, 0.2) is 6.61 Å². The summed E-state index contributed by atoms with van der Waals surface area (Å²) < 4.78 is 5.50. The number of carbonyl (C=O) groups excluding carboxylic acids is 2. The standard InChI is InChI=1S/C18H18Cl2N2O3S/c19-12-3-4-15(14(20)10-12)25-11-17(23)22-7-5-13(6-8-22)21-18(24)16-2-1-9-26-16/h1-4,9-10,13H,5-8,11H2,(H,21,24). The lowest BCUT2D eigenvalue weighted by atomic mass is 10.0. The molecule has 0 aliphatic carbocycles. The number of amides is 2. The van der Waals surface area contributed by atoms with Crippen molar-refractivity contribution in [1.29, 1.82) is 0 Å². The minimum absolute atomic E-state index is 0.0505. The van der Waals surface area contributed by atoms with Crippen LogP contribution in [0.15, 0.2) is 35.7 Å². The Kier molecular flexibility index (Phi) is 6.40. The number of hydrogen-bond donors (Lipinski definition) is 1. The third kappa shape index (κ3) is 4.90. The molecule has 0 spiro atoms. The molecule has 1 aromatic carbocycles. The number of rotatable bonds is 5. The highest BCUT2D eigenvalue weighted by Gasteiger charge is 2.24. The SMILES string of the molecule is O=C(NC1CCN(C(=O)COc2ccc(Cl)cc2Cl)CC1)c1cccs1. The molecule has 26 heavy (non-hydrogen) atoms. The number of thiophene rings is 1. The van der Waals surface area contributed by atoms with E-state index in [4.69, 9.17) is 27.9 Å². The molecule has 3 rings (SSSR count). The number of carbonyl (C=O) groups is 2. The Morgan fingerprint density at radius 1 is 1.23 bits per heavy atom. The second-order valence-electron chi connectivity index (χ2n) is 5.97. The van der Waals surface area contributed by atoms with Crippen LogP contribution in [0.25, 0.3) is 0 Å². The Morgan fingerprint density at radius 3 is 2.65 bits per heavy atom. The summed E-state index contributed by atoms with van der Waals surface area (Å²) in [6.45, 7) is 1.10. The molecule has 2 amide bonds. The molecule has 138 valence electrons. The highest BCUT2D eigenvalue weighted by atomic mass is 35.5. The van der Waals surface area contributed by atoms with E-state index in [1.54, 1.807) is 29.2 Å². The normalized spacial score (nSPS) is 14.9. The molecule has 0 bridgehead atoms. The summed E-state index contributed by atoms with van der Waals surface area (Å²) in [5.41, 5.74) is 0. The molecule has 1 aromatic heterocycles. The van der Waals surface area contributed by atoms with Gasteiger partial charge in [-0.15, -0.1) is 11.3 Å². The lowest BCUT2D eigenvalue weighted by Gasteiger charge is -2.32. The molecule has 1 saturated heterocycles. The van der Waals surface area contributed by atoms with E-state index in [0.717, 1.165) is 12.8 Å². The summed E-state index contributed by atoms with van der Waals surface area (Å²) in [6, 6.07) is 8.62. The number of ether oxygens (including phenoxy) is 1. The zero-order valence-corrected chi connectivity index (χ0v) is 16.2. The van der Waals surface area contributed by atoms with Crippen molar-refractivity contribution in [2.45, 2.75) is 18.9 Å². The van der Waals surface area contributed by atoms with E-state index in [9.17, 15) is 9.59 Å². The van der Waals surface area contributed by atoms with Crippen molar-refractivity contribution in [3.05, 3.63) is 50.6 Å². The number of halogens is 2. The minimum atomic E-state index is -0.0981. The molecular formula is C18H18Cl2N2O3S. The van der Waals surface area contributed by atoms with Crippen LogP contribution in [0.3, 0.4) is 0 Å². The van der Waals surface area contributed by atoms with Crippen molar-refractivity contribution in [1.82, 2.24) is 10.2 Å². The first-order chi connectivity index (χ1) is 12.5. The second-order valence-corrected chi connectivity index (χ2v) is 7.76. The third-order valence-electron chi connectivity index (χ3n) is 4.17. The molecule has 1 fully saturated rings. The van der Waals surface area contributed by atoms with E-state index >= 15 is 0 Å². The van der Waals surface area contributed by atoms with Crippen molar-refractivity contribution in [3.63, 3.8) is 0 Å². The predicted octanol–water partition coefficient (Wildman–Crippen LogP) is 3.85. The van der Waals surface area contributed by atoms with Gasteiger partial charge in [0.25, 0.3) is 11.8 Å². The summed E-state index contributed by atoms with van der Waals surface area (Å²) in [5, 5.41) is 5.79. The van der Waals surface area contributed by atoms with Crippen molar-refractivity contribution in [2.24, 2.45) is 0 Å². The first-order valence-electron chi connectivity index (χ1n) is 8.23. The monoisotopic (exact) mass is 412 g/mol. The van der Waals surface area contributed by atoms with Gasteiger partial charge in [-0.1, -0.05) is 29.3 Å². The van der Waals surface area contributed by atoms with Crippen LogP contribution in [0.2, 0.25) is 10.0 Å². The maximum absolute atomic E-state index is 12.3. The molecule has 0 radical (unpaired) electrons. The van der Waals surface area contributed by atoms with Crippen molar-refractivity contribution < 1.29 is 14.3 Å². The molecule has 1 aliphatic heterocycles. The molecule has 2 aromatic rings. The average molecular weight is 413 g/mol. The second kappa shape index (κ2) is 8.75. The molecule has 1 aliphatic rings. The van der Waals surface area contributed by atoms with Crippen molar-refractivity contribution in [3.8, 4) is 5.75 Å². The summed E-state index contributed by atoms with van der Waals surface area (Å²) in [6.07, 6.45) is 1.45. The molecule has 2 heterocycles. The number of piperidine rings is 1. The fraction of sp³-hybridized carbons (Fsp3) is 0.333. The molecule has 0 saturated carbocycles. The van der Waals surface area contributed by atoms with E-state index in [2.05, 4.69) is 5.32 Å². The van der Waals surface area contributed by atoms with E-state index in [0.29, 0.717) is 33.8 Å². The summed E-state index contributed by atoms with van der Waals surface area (Å²) >= 11 is 13.3. The van der Waals surface area contributed by atoms with Gasteiger partial charge in [-0.05, 0) is 42.5 Å². The number of nitrogens with one attached hydrogen (secondary N) is 1. The number of benzene rings is 1. The van der Waals surface area contributed by atoms with Crippen LogP contribution in [-0.4, -0.2) is 42.5 Å². The fourth-order valence-corrected chi connectivity index (χ4v) is 3.85. The van der Waals surface area contributed by atoms with Gasteiger partial charge in [-0.25, -0.2) is 0 Å². The average Bonchev–Trinajstić information content (AvgIpc) is 3.16. The largest absolute Gasteiger partial charge is 0.482 e. The molecule has 8 heteroatoms. The zero-order chi connectivity index (χ0) is 18.5. The lowest BCUT2D eigenvalue weighted by molar-refractivity contribution is -0.134. The Bertz CT molecular complexity index is 775.